The molecule has 0 radical (unpaired) electrons. The third kappa shape index (κ3) is 8.54. The van der Waals surface area contributed by atoms with Crippen molar-refractivity contribution < 1.29 is 33.2 Å². The van der Waals surface area contributed by atoms with E-state index in [1.54, 1.807) is 28.4 Å². The van der Waals surface area contributed by atoms with E-state index >= 15 is 0 Å². The molecule has 0 aliphatic rings. The Hall–Kier alpha value is -3.09. The zero-order chi connectivity index (χ0) is 26.3. The molecule has 0 unspecified atom stereocenters. The van der Waals surface area contributed by atoms with Gasteiger partial charge in [0, 0.05) is 24.5 Å². The molecule has 0 saturated carbocycles. The standard InChI is InChI=1S/C29H42O7/c1-21-25(27(32-4)29(34-6)28(33-5)26(21)31-3)20-23-14-16-24(17-15-23)36-19-13-11-9-7-8-10-12-18-35-22(2)30/h14-17H,7-13,18-20H2,1-6H3. The van der Waals surface area contributed by atoms with Crippen LogP contribution in [0.15, 0.2) is 24.3 Å². The molecule has 0 bridgehead atoms. The molecular formula is C29H42O7. The van der Waals surface area contributed by atoms with E-state index in [1.807, 2.05) is 19.1 Å². The van der Waals surface area contributed by atoms with Crippen LogP contribution in [-0.4, -0.2) is 47.6 Å². The number of benzene rings is 2. The van der Waals surface area contributed by atoms with Crippen molar-refractivity contribution in [3.05, 3.63) is 41.0 Å². The van der Waals surface area contributed by atoms with E-state index in [0.717, 1.165) is 48.1 Å². The first kappa shape index (κ1) is 29.1. The monoisotopic (exact) mass is 502 g/mol. The number of methoxy groups -OCH3 is 4. The summed E-state index contributed by atoms with van der Waals surface area (Å²) in [6.45, 7) is 4.70. The second-order valence-electron chi connectivity index (χ2n) is 8.72. The lowest BCUT2D eigenvalue weighted by Crippen LogP contribution is -2.05. The number of hydrogen-bond donors (Lipinski definition) is 0. The van der Waals surface area contributed by atoms with Gasteiger partial charge in [-0.15, -0.1) is 0 Å². The maximum atomic E-state index is 10.7. The van der Waals surface area contributed by atoms with Gasteiger partial charge in [-0.05, 0) is 37.5 Å². The lowest BCUT2D eigenvalue weighted by molar-refractivity contribution is -0.141. The summed E-state index contributed by atoms with van der Waals surface area (Å²) in [6.07, 6.45) is 8.50. The minimum atomic E-state index is -0.196. The summed E-state index contributed by atoms with van der Waals surface area (Å²) in [7, 11) is 6.45. The smallest absolute Gasteiger partial charge is 0.302 e. The lowest BCUT2D eigenvalue weighted by atomic mass is 9.97. The van der Waals surface area contributed by atoms with E-state index in [4.69, 9.17) is 28.4 Å². The highest BCUT2D eigenvalue weighted by atomic mass is 16.5. The molecule has 2 aromatic carbocycles. The molecule has 0 N–H and O–H groups in total. The summed E-state index contributed by atoms with van der Waals surface area (Å²) in [5.74, 6) is 3.03. The van der Waals surface area contributed by atoms with Crippen LogP contribution in [0.2, 0.25) is 0 Å². The third-order valence-corrected chi connectivity index (χ3v) is 6.17. The fraction of sp³-hybridized carbons (Fsp3) is 0.552. The van der Waals surface area contributed by atoms with Crippen molar-refractivity contribution in [3.63, 3.8) is 0 Å². The first-order chi connectivity index (χ1) is 17.5. The predicted molar refractivity (Wildman–Crippen MR) is 141 cm³/mol. The Kier molecular flexibility index (Phi) is 12.8. The van der Waals surface area contributed by atoms with E-state index in [2.05, 4.69) is 12.1 Å². The van der Waals surface area contributed by atoms with Gasteiger partial charge in [0.1, 0.15) is 5.75 Å². The van der Waals surface area contributed by atoms with Crippen LogP contribution in [0.1, 0.15) is 68.6 Å². The van der Waals surface area contributed by atoms with Gasteiger partial charge < -0.3 is 28.4 Å². The second kappa shape index (κ2) is 15.8. The van der Waals surface area contributed by atoms with Crippen LogP contribution >= 0.6 is 0 Å². The van der Waals surface area contributed by atoms with Crippen molar-refractivity contribution in [1.29, 1.82) is 0 Å². The predicted octanol–water partition coefficient (Wildman–Crippen LogP) is 6.29. The Labute approximate surface area is 216 Å². The van der Waals surface area contributed by atoms with Crippen molar-refractivity contribution in [2.75, 3.05) is 41.7 Å². The topological polar surface area (TPSA) is 72.5 Å². The number of carbonyl (C=O) groups excluding carboxylic acids is 1. The molecule has 0 aliphatic heterocycles. The van der Waals surface area contributed by atoms with Crippen LogP contribution in [0.3, 0.4) is 0 Å². The molecule has 0 saturated heterocycles. The zero-order valence-electron chi connectivity index (χ0n) is 22.7. The van der Waals surface area contributed by atoms with Gasteiger partial charge in [0.2, 0.25) is 11.5 Å². The third-order valence-electron chi connectivity index (χ3n) is 6.17. The lowest BCUT2D eigenvalue weighted by Gasteiger charge is -2.21. The highest BCUT2D eigenvalue weighted by molar-refractivity contribution is 5.67. The van der Waals surface area contributed by atoms with Crippen molar-refractivity contribution in [2.45, 2.75) is 65.2 Å². The molecule has 7 nitrogen and oxygen atoms in total. The highest BCUT2D eigenvalue weighted by Crippen LogP contribution is 2.49. The van der Waals surface area contributed by atoms with Crippen LogP contribution in [0.4, 0.5) is 0 Å². The average Bonchev–Trinajstić information content (AvgIpc) is 2.88. The van der Waals surface area contributed by atoms with Gasteiger partial charge in [-0.2, -0.15) is 0 Å². The van der Waals surface area contributed by atoms with Crippen molar-refractivity contribution in [1.82, 2.24) is 0 Å². The van der Waals surface area contributed by atoms with Crippen LogP contribution < -0.4 is 23.7 Å². The zero-order valence-corrected chi connectivity index (χ0v) is 22.7. The largest absolute Gasteiger partial charge is 0.494 e. The number of carbonyl (C=O) groups is 1. The Balaban J connectivity index is 1.83. The fourth-order valence-electron chi connectivity index (χ4n) is 4.27. The van der Waals surface area contributed by atoms with Gasteiger partial charge >= 0.3 is 5.97 Å². The molecule has 2 aromatic rings. The summed E-state index contributed by atoms with van der Waals surface area (Å²) in [5, 5.41) is 0. The molecule has 2 rings (SSSR count). The van der Waals surface area contributed by atoms with Gasteiger partial charge in [0.05, 0.1) is 41.7 Å². The molecule has 0 aliphatic carbocycles. The molecule has 0 atom stereocenters. The van der Waals surface area contributed by atoms with Crippen LogP contribution in [0.25, 0.3) is 0 Å². The van der Waals surface area contributed by atoms with Crippen molar-refractivity contribution >= 4 is 5.97 Å². The molecule has 0 aromatic heterocycles. The van der Waals surface area contributed by atoms with Crippen LogP contribution in [0.5, 0.6) is 28.7 Å². The number of hydrogen-bond acceptors (Lipinski definition) is 7. The number of unbranched alkanes of at least 4 members (excludes halogenated alkanes) is 6. The van der Waals surface area contributed by atoms with Crippen LogP contribution in [0, 0.1) is 6.92 Å². The molecule has 0 amide bonds. The molecular weight excluding hydrogens is 460 g/mol. The summed E-state index contributed by atoms with van der Waals surface area (Å²) >= 11 is 0. The van der Waals surface area contributed by atoms with E-state index in [9.17, 15) is 4.79 Å². The normalized spacial score (nSPS) is 10.6. The maximum absolute atomic E-state index is 10.7. The van der Waals surface area contributed by atoms with Crippen LogP contribution in [-0.2, 0) is 16.0 Å². The molecule has 36 heavy (non-hydrogen) atoms. The molecule has 0 heterocycles. The van der Waals surface area contributed by atoms with E-state index in [0.29, 0.717) is 42.6 Å². The maximum Gasteiger partial charge on any atom is 0.302 e. The Morgan fingerprint density at radius 2 is 1.17 bits per heavy atom. The minimum Gasteiger partial charge on any atom is -0.494 e. The van der Waals surface area contributed by atoms with E-state index < -0.39 is 0 Å². The van der Waals surface area contributed by atoms with E-state index in [-0.39, 0.29) is 5.97 Å². The first-order valence-electron chi connectivity index (χ1n) is 12.7. The summed E-state index contributed by atoms with van der Waals surface area (Å²) in [6, 6.07) is 8.18. The Bertz CT molecular complexity index is 938. The molecule has 0 fully saturated rings. The summed E-state index contributed by atoms with van der Waals surface area (Å²) in [4.78, 5) is 10.7. The van der Waals surface area contributed by atoms with Gasteiger partial charge in [0.15, 0.2) is 11.5 Å². The Morgan fingerprint density at radius 3 is 1.69 bits per heavy atom. The quantitative estimate of drug-likeness (QED) is 0.186. The molecule has 0 spiro atoms. The van der Waals surface area contributed by atoms with Gasteiger partial charge in [0.25, 0.3) is 0 Å². The number of esters is 1. The fourth-order valence-corrected chi connectivity index (χ4v) is 4.27. The van der Waals surface area contributed by atoms with Crippen molar-refractivity contribution in [3.8, 4) is 28.7 Å². The highest BCUT2D eigenvalue weighted by Gasteiger charge is 2.25. The summed E-state index contributed by atoms with van der Waals surface area (Å²) < 4.78 is 33.3. The van der Waals surface area contributed by atoms with E-state index in [1.165, 1.54) is 26.2 Å². The summed E-state index contributed by atoms with van der Waals surface area (Å²) in [5.41, 5.74) is 3.08. The van der Waals surface area contributed by atoms with Gasteiger partial charge in [-0.3, -0.25) is 4.79 Å². The van der Waals surface area contributed by atoms with Crippen molar-refractivity contribution in [2.24, 2.45) is 0 Å². The number of ether oxygens (including phenoxy) is 6. The molecule has 200 valence electrons. The van der Waals surface area contributed by atoms with Gasteiger partial charge in [-0.1, -0.05) is 44.2 Å². The Morgan fingerprint density at radius 1 is 0.667 bits per heavy atom. The first-order valence-corrected chi connectivity index (χ1v) is 12.7. The number of rotatable bonds is 17. The molecule has 7 heteroatoms. The minimum absolute atomic E-state index is 0.196. The average molecular weight is 503 g/mol. The van der Waals surface area contributed by atoms with Gasteiger partial charge in [-0.25, -0.2) is 0 Å². The second-order valence-corrected chi connectivity index (χ2v) is 8.72. The SMILES string of the molecule is COc1c(C)c(Cc2ccc(OCCCCCCCCCOC(C)=O)cc2)c(OC)c(OC)c1OC.